The van der Waals surface area contributed by atoms with Crippen molar-refractivity contribution in [1.29, 1.82) is 0 Å². The van der Waals surface area contributed by atoms with Crippen molar-refractivity contribution < 1.29 is 4.21 Å². The molecule has 1 saturated carbocycles. The summed E-state index contributed by atoms with van der Waals surface area (Å²) in [6, 6.07) is 0.518. The lowest BCUT2D eigenvalue weighted by molar-refractivity contribution is 0.137. The van der Waals surface area contributed by atoms with Crippen LogP contribution in [0.2, 0.25) is 0 Å². The zero-order valence-corrected chi connectivity index (χ0v) is 14.3. The van der Waals surface area contributed by atoms with Gasteiger partial charge in [-0.15, -0.1) is 0 Å². The average molecular weight is 333 g/mol. The number of nitrogens with zero attached hydrogens (tertiary/aromatic N) is 4. The zero-order chi connectivity index (χ0) is 16.0. The first kappa shape index (κ1) is 15.1. The fourth-order valence-corrected chi connectivity index (χ4v) is 5.00. The Hall–Kier alpha value is -1.47. The Labute approximate surface area is 138 Å². The Balaban J connectivity index is 1.42. The average Bonchev–Trinajstić information content (AvgIpc) is 2.82. The van der Waals surface area contributed by atoms with Gasteiger partial charge < -0.3 is 15.2 Å². The molecule has 2 fully saturated rings. The predicted octanol–water partition coefficient (Wildman–Crippen LogP) is 1.34. The molecule has 7 heteroatoms. The molecule has 0 amide bonds. The first-order chi connectivity index (χ1) is 11.1. The summed E-state index contributed by atoms with van der Waals surface area (Å²) in [6.07, 6.45) is 6.09. The summed E-state index contributed by atoms with van der Waals surface area (Å²) in [5, 5.41) is 0.995. The SMILES string of the molecule is Cc1cn(C2CC(CN3CCS(=O)CC3)C2)c2ncnc(N)c12. The van der Waals surface area contributed by atoms with Gasteiger partial charge in [0.15, 0.2) is 0 Å². The number of aryl methyl sites for hydroxylation is 1. The summed E-state index contributed by atoms with van der Waals surface area (Å²) in [5.74, 6) is 2.99. The maximum atomic E-state index is 11.4. The van der Waals surface area contributed by atoms with Crippen LogP contribution in [0.5, 0.6) is 0 Å². The maximum absolute atomic E-state index is 11.4. The van der Waals surface area contributed by atoms with Crippen LogP contribution < -0.4 is 5.73 Å². The lowest BCUT2D eigenvalue weighted by Gasteiger charge is -2.40. The monoisotopic (exact) mass is 333 g/mol. The fraction of sp³-hybridized carbons (Fsp3) is 0.625. The number of anilines is 1. The van der Waals surface area contributed by atoms with Gasteiger partial charge in [0.2, 0.25) is 0 Å². The largest absolute Gasteiger partial charge is 0.383 e. The molecule has 23 heavy (non-hydrogen) atoms. The molecule has 2 aromatic heterocycles. The Morgan fingerprint density at radius 2 is 2.04 bits per heavy atom. The smallest absolute Gasteiger partial charge is 0.145 e. The van der Waals surface area contributed by atoms with Gasteiger partial charge in [0.1, 0.15) is 17.8 Å². The second-order valence-corrected chi connectivity index (χ2v) is 8.51. The Morgan fingerprint density at radius 1 is 1.30 bits per heavy atom. The number of rotatable bonds is 3. The van der Waals surface area contributed by atoms with E-state index in [1.54, 1.807) is 6.33 Å². The Bertz CT molecular complexity index is 742. The quantitative estimate of drug-likeness (QED) is 0.917. The molecule has 2 N–H and O–H groups in total. The van der Waals surface area contributed by atoms with E-state index < -0.39 is 10.8 Å². The minimum atomic E-state index is -0.583. The number of hydrogen-bond donors (Lipinski definition) is 1. The van der Waals surface area contributed by atoms with Crippen molar-refractivity contribution in [2.75, 3.05) is 36.9 Å². The Kier molecular flexibility index (Phi) is 3.85. The molecular weight excluding hydrogens is 310 g/mol. The molecule has 1 saturated heterocycles. The van der Waals surface area contributed by atoms with Gasteiger partial charge in [0, 0.05) is 54.2 Å². The van der Waals surface area contributed by atoms with Gasteiger partial charge in [0.05, 0.1) is 5.39 Å². The number of aromatic nitrogens is 3. The van der Waals surface area contributed by atoms with Crippen molar-refractivity contribution in [3.8, 4) is 0 Å². The van der Waals surface area contributed by atoms with E-state index in [1.165, 1.54) is 12.8 Å². The molecule has 6 nitrogen and oxygen atoms in total. The van der Waals surface area contributed by atoms with Gasteiger partial charge in [-0.05, 0) is 31.2 Å². The third kappa shape index (κ3) is 2.76. The van der Waals surface area contributed by atoms with Gasteiger partial charge in [-0.1, -0.05) is 0 Å². The van der Waals surface area contributed by atoms with Crippen LogP contribution in [0.25, 0.3) is 11.0 Å². The van der Waals surface area contributed by atoms with Gasteiger partial charge >= 0.3 is 0 Å². The van der Waals surface area contributed by atoms with E-state index in [9.17, 15) is 4.21 Å². The van der Waals surface area contributed by atoms with Crippen LogP contribution >= 0.6 is 0 Å². The molecule has 0 radical (unpaired) electrons. The normalized spacial score (nSPS) is 26.5. The number of nitrogen functional groups attached to an aromatic ring is 1. The van der Waals surface area contributed by atoms with Gasteiger partial charge in [-0.2, -0.15) is 0 Å². The highest BCUT2D eigenvalue weighted by Crippen LogP contribution is 2.41. The van der Waals surface area contributed by atoms with E-state index in [0.29, 0.717) is 11.9 Å². The highest BCUT2D eigenvalue weighted by atomic mass is 32.2. The van der Waals surface area contributed by atoms with Crippen LogP contribution in [0.4, 0.5) is 5.82 Å². The van der Waals surface area contributed by atoms with Crippen LogP contribution in [0, 0.1) is 12.8 Å². The standard InChI is InChI=1S/C16H23N5OS/c1-11-8-21(16-14(11)15(17)18-10-19-16)13-6-12(7-13)9-20-2-4-23(22)5-3-20/h8,10,12-13H,2-7,9H2,1H3,(H2,17,18,19). The van der Waals surface area contributed by atoms with Crippen LogP contribution in [-0.2, 0) is 10.8 Å². The molecule has 1 aliphatic heterocycles. The summed E-state index contributed by atoms with van der Waals surface area (Å²) in [7, 11) is -0.583. The molecule has 0 bridgehead atoms. The first-order valence-corrected chi connectivity index (χ1v) is 9.75. The topological polar surface area (TPSA) is 77.0 Å². The molecule has 1 aliphatic carbocycles. The van der Waals surface area contributed by atoms with Crippen molar-refractivity contribution >= 4 is 27.7 Å². The fourth-order valence-electron chi connectivity index (χ4n) is 3.88. The van der Waals surface area contributed by atoms with Crippen LogP contribution in [0.1, 0.15) is 24.4 Å². The second-order valence-electron chi connectivity index (χ2n) is 6.82. The van der Waals surface area contributed by atoms with Crippen molar-refractivity contribution in [2.24, 2.45) is 5.92 Å². The summed E-state index contributed by atoms with van der Waals surface area (Å²) in [6.45, 7) is 5.19. The molecule has 4 rings (SSSR count). The van der Waals surface area contributed by atoms with E-state index in [2.05, 4.69) is 32.6 Å². The minimum Gasteiger partial charge on any atom is -0.383 e. The van der Waals surface area contributed by atoms with Crippen molar-refractivity contribution in [1.82, 2.24) is 19.4 Å². The summed E-state index contributed by atoms with van der Waals surface area (Å²) in [4.78, 5) is 11.0. The summed E-state index contributed by atoms with van der Waals surface area (Å²) in [5.41, 5.74) is 8.11. The molecule has 2 aliphatic rings. The molecule has 0 aromatic carbocycles. The van der Waals surface area contributed by atoms with Crippen LogP contribution in [-0.4, -0.2) is 54.8 Å². The number of hydrogen-bond acceptors (Lipinski definition) is 5. The highest BCUT2D eigenvalue weighted by Gasteiger charge is 2.33. The first-order valence-electron chi connectivity index (χ1n) is 8.26. The molecular formula is C16H23N5OS. The predicted molar refractivity (Wildman–Crippen MR) is 92.8 cm³/mol. The van der Waals surface area contributed by atoms with Gasteiger partial charge in [0.25, 0.3) is 0 Å². The van der Waals surface area contributed by atoms with Crippen molar-refractivity contribution in [2.45, 2.75) is 25.8 Å². The van der Waals surface area contributed by atoms with E-state index >= 15 is 0 Å². The van der Waals surface area contributed by atoms with Crippen LogP contribution in [0.3, 0.4) is 0 Å². The Morgan fingerprint density at radius 3 is 2.78 bits per heavy atom. The van der Waals surface area contributed by atoms with E-state index in [0.717, 1.165) is 53.7 Å². The number of nitrogens with two attached hydrogens (primary N) is 1. The third-order valence-corrected chi connectivity index (χ3v) is 6.50. The second kappa shape index (κ2) is 5.87. The minimum absolute atomic E-state index is 0.518. The third-order valence-electron chi connectivity index (χ3n) is 5.22. The number of fused-ring (bicyclic) bond motifs is 1. The molecule has 0 unspecified atom stereocenters. The maximum Gasteiger partial charge on any atom is 0.145 e. The molecule has 0 spiro atoms. The van der Waals surface area contributed by atoms with E-state index in [1.807, 2.05) is 0 Å². The van der Waals surface area contributed by atoms with Crippen LogP contribution in [0.15, 0.2) is 12.5 Å². The van der Waals surface area contributed by atoms with E-state index in [-0.39, 0.29) is 0 Å². The van der Waals surface area contributed by atoms with Crippen molar-refractivity contribution in [3.05, 3.63) is 18.1 Å². The lowest BCUT2D eigenvalue weighted by atomic mass is 9.79. The zero-order valence-electron chi connectivity index (χ0n) is 13.4. The molecule has 3 heterocycles. The lowest BCUT2D eigenvalue weighted by Crippen LogP contribution is -2.43. The van der Waals surface area contributed by atoms with Crippen molar-refractivity contribution in [3.63, 3.8) is 0 Å². The molecule has 2 aromatic rings. The van der Waals surface area contributed by atoms with Gasteiger partial charge in [-0.25, -0.2) is 9.97 Å². The summed E-state index contributed by atoms with van der Waals surface area (Å²) < 4.78 is 13.7. The van der Waals surface area contributed by atoms with Gasteiger partial charge in [-0.3, -0.25) is 4.21 Å². The summed E-state index contributed by atoms with van der Waals surface area (Å²) >= 11 is 0. The van der Waals surface area contributed by atoms with E-state index in [4.69, 9.17) is 5.73 Å². The molecule has 0 atom stereocenters. The molecule has 124 valence electrons. The highest BCUT2D eigenvalue weighted by molar-refractivity contribution is 7.85.